The quantitative estimate of drug-likeness (QED) is 0.807. The molecule has 0 saturated carbocycles. The van der Waals surface area contributed by atoms with E-state index in [1.165, 1.54) is 6.42 Å². The molecule has 0 bridgehead atoms. The highest BCUT2D eigenvalue weighted by atomic mass is 16.5. The Balaban J connectivity index is 1.48. The molecule has 22 heavy (non-hydrogen) atoms. The van der Waals surface area contributed by atoms with Crippen LogP contribution in [-0.4, -0.2) is 71.3 Å². The Morgan fingerprint density at radius 2 is 2.09 bits per heavy atom. The number of aromatic nitrogens is 2. The lowest BCUT2D eigenvalue weighted by Gasteiger charge is -2.35. The highest BCUT2D eigenvalue weighted by molar-refractivity contribution is 5.89. The molecule has 1 aromatic heterocycles. The van der Waals surface area contributed by atoms with E-state index in [4.69, 9.17) is 9.15 Å². The van der Waals surface area contributed by atoms with Gasteiger partial charge in [-0.15, -0.1) is 10.2 Å². The number of hydrogen-bond donors (Lipinski definition) is 0. The molecule has 0 spiro atoms. The van der Waals surface area contributed by atoms with E-state index in [0.29, 0.717) is 25.1 Å². The second-order valence-corrected chi connectivity index (χ2v) is 5.98. The van der Waals surface area contributed by atoms with Crippen LogP contribution in [0.2, 0.25) is 0 Å². The largest absolute Gasteiger partial charge is 0.417 e. The minimum Gasteiger partial charge on any atom is -0.417 e. The lowest BCUT2D eigenvalue weighted by molar-refractivity contribution is 0.0411. The molecule has 0 aromatic carbocycles. The average Bonchev–Trinajstić information content (AvgIpc) is 3.20. The maximum atomic E-state index is 12.4. The summed E-state index contributed by atoms with van der Waals surface area (Å²) in [6.45, 7) is 7.07. The minimum absolute atomic E-state index is 0.121. The number of nitrogens with zero attached hydrogens (tertiary/aromatic N) is 4. The number of piperazine rings is 1. The zero-order valence-corrected chi connectivity index (χ0v) is 13.2. The fourth-order valence-corrected chi connectivity index (χ4v) is 3.00. The fraction of sp³-hybridized carbons (Fsp3) is 0.800. The zero-order chi connectivity index (χ0) is 15.4. The Morgan fingerprint density at radius 3 is 2.77 bits per heavy atom. The maximum Gasteiger partial charge on any atom is 0.311 e. The third-order valence-electron chi connectivity index (χ3n) is 4.26. The lowest BCUT2D eigenvalue weighted by Crippen LogP contribution is -2.50. The number of carbonyl (C=O) groups excluding carboxylic acids is 1. The highest BCUT2D eigenvalue weighted by Crippen LogP contribution is 2.15. The first kappa shape index (κ1) is 15.4. The van der Waals surface area contributed by atoms with Crippen molar-refractivity contribution in [2.75, 3.05) is 39.3 Å². The summed E-state index contributed by atoms with van der Waals surface area (Å²) in [5.41, 5.74) is 0. The summed E-state index contributed by atoms with van der Waals surface area (Å²) in [5.74, 6) is 0.519. The predicted molar refractivity (Wildman–Crippen MR) is 79.6 cm³/mol. The van der Waals surface area contributed by atoms with Gasteiger partial charge >= 0.3 is 11.8 Å². The average molecular weight is 308 g/mol. The van der Waals surface area contributed by atoms with E-state index in [-0.39, 0.29) is 11.8 Å². The summed E-state index contributed by atoms with van der Waals surface area (Å²) in [5, 5.41) is 7.78. The Hall–Kier alpha value is -1.47. The monoisotopic (exact) mass is 308 g/mol. The Kier molecular flexibility index (Phi) is 5.04. The maximum absolute atomic E-state index is 12.4. The van der Waals surface area contributed by atoms with Crippen molar-refractivity contribution in [3.8, 4) is 0 Å². The standard InChI is InChI=1S/C15H24N4O3/c1-2-4-13-16-17-14(22-13)15(20)19-8-6-18(7-9-19)11-12-5-3-10-21-12/h12H,2-11H2,1H3/t12-/m1/s1. The van der Waals surface area contributed by atoms with Crippen molar-refractivity contribution >= 4 is 5.91 Å². The van der Waals surface area contributed by atoms with Crippen LogP contribution in [0.4, 0.5) is 0 Å². The lowest BCUT2D eigenvalue weighted by atomic mass is 10.2. The van der Waals surface area contributed by atoms with Gasteiger partial charge in [0.2, 0.25) is 5.89 Å². The summed E-state index contributed by atoms with van der Waals surface area (Å²) in [6.07, 6.45) is 4.34. The van der Waals surface area contributed by atoms with Crippen molar-refractivity contribution < 1.29 is 13.9 Å². The molecule has 1 aromatic rings. The van der Waals surface area contributed by atoms with Crippen LogP contribution in [0.25, 0.3) is 0 Å². The van der Waals surface area contributed by atoms with Gasteiger partial charge in [-0.2, -0.15) is 0 Å². The summed E-state index contributed by atoms with van der Waals surface area (Å²) in [4.78, 5) is 16.5. The fourth-order valence-electron chi connectivity index (χ4n) is 3.00. The molecule has 0 radical (unpaired) electrons. The Labute approximate surface area is 130 Å². The molecule has 1 amide bonds. The molecule has 0 aliphatic carbocycles. The Bertz CT molecular complexity index is 491. The number of amides is 1. The Morgan fingerprint density at radius 1 is 1.27 bits per heavy atom. The number of aryl methyl sites for hydroxylation is 1. The van der Waals surface area contributed by atoms with Gasteiger partial charge < -0.3 is 14.1 Å². The molecule has 7 nitrogen and oxygen atoms in total. The molecule has 0 N–H and O–H groups in total. The summed E-state index contributed by atoms with van der Waals surface area (Å²) < 4.78 is 11.1. The van der Waals surface area contributed by atoms with E-state index < -0.39 is 0 Å². The first-order valence-electron chi connectivity index (χ1n) is 8.22. The van der Waals surface area contributed by atoms with Gasteiger partial charge in [-0.1, -0.05) is 6.92 Å². The van der Waals surface area contributed by atoms with E-state index >= 15 is 0 Å². The first-order chi connectivity index (χ1) is 10.8. The SMILES string of the molecule is CCCc1nnc(C(=O)N2CCN(C[C@H]3CCCO3)CC2)o1. The molecule has 3 rings (SSSR count). The number of ether oxygens (including phenoxy) is 1. The first-order valence-corrected chi connectivity index (χ1v) is 8.22. The van der Waals surface area contributed by atoms with Gasteiger partial charge in [0.1, 0.15) is 0 Å². The normalized spacial score (nSPS) is 23.1. The molecular weight excluding hydrogens is 284 g/mol. The van der Waals surface area contributed by atoms with Crippen LogP contribution < -0.4 is 0 Å². The van der Waals surface area contributed by atoms with Crippen molar-refractivity contribution in [2.24, 2.45) is 0 Å². The van der Waals surface area contributed by atoms with Crippen LogP contribution in [0.5, 0.6) is 0 Å². The van der Waals surface area contributed by atoms with Gasteiger partial charge in [-0.3, -0.25) is 9.69 Å². The number of carbonyl (C=O) groups is 1. The van der Waals surface area contributed by atoms with Crippen LogP contribution in [0, 0.1) is 0 Å². The van der Waals surface area contributed by atoms with Crippen molar-refractivity contribution in [3.05, 3.63) is 11.8 Å². The topological polar surface area (TPSA) is 71.7 Å². The molecule has 2 aliphatic heterocycles. The van der Waals surface area contributed by atoms with Gasteiger partial charge in [-0.05, 0) is 19.3 Å². The molecule has 2 aliphatic rings. The van der Waals surface area contributed by atoms with Crippen LogP contribution in [0.15, 0.2) is 4.42 Å². The van der Waals surface area contributed by atoms with Gasteiger partial charge in [0.05, 0.1) is 6.10 Å². The van der Waals surface area contributed by atoms with Crippen LogP contribution >= 0.6 is 0 Å². The van der Waals surface area contributed by atoms with Crippen LogP contribution in [0.1, 0.15) is 42.8 Å². The molecule has 1 atom stereocenters. The van der Waals surface area contributed by atoms with E-state index in [9.17, 15) is 4.79 Å². The second-order valence-electron chi connectivity index (χ2n) is 5.98. The molecule has 122 valence electrons. The summed E-state index contributed by atoms with van der Waals surface area (Å²) in [6, 6.07) is 0. The number of hydrogen-bond acceptors (Lipinski definition) is 6. The van der Waals surface area contributed by atoms with Gasteiger partial charge in [0.25, 0.3) is 0 Å². The van der Waals surface area contributed by atoms with E-state index in [0.717, 1.165) is 45.5 Å². The second kappa shape index (κ2) is 7.19. The van der Waals surface area contributed by atoms with E-state index in [2.05, 4.69) is 15.1 Å². The smallest absolute Gasteiger partial charge is 0.311 e. The molecule has 2 fully saturated rings. The molecule has 2 saturated heterocycles. The predicted octanol–water partition coefficient (Wildman–Crippen LogP) is 0.959. The molecule has 7 heteroatoms. The van der Waals surface area contributed by atoms with E-state index in [1.54, 1.807) is 4.90 Å². The highest BCUT2D eigenvalue weighted by Gasteiger charge is 2.27. The molecular formula is C15H24N4O3. The van der Waals surface area contributed by atoms with Gasteiger partial charge in [0, 0.05) is 45.8 Å². The third-order valence-corrected chi connectivity index (χ3v) is 4.26. The van der Waals surface area contributed by atoms with E-state index in [1.807, 2.05) is 6.92 Å². The van der Waals surface area contributed by atoms with Crippen molar-refractivity contribution in [3.63, 3.8) is 0 Å². The van der Waals surface area contributed by atoms with Crippen molar-refractivity contribution in [1.29, 1.82) is 0 Å². The molecule has 0 unspecified atom stereocenters. The van der Waals surface area contributed by atoms with Crippen LogP contribution in [-0.2, 0) is 11.2 Å². The summed E-state index contributed by atoms with van der Waals surface area (Å²) >= 11 is 0. The molecule has 3 heterocycles. The van der Waals surface area contributed by atoms with Crippen molar-refractivity contribution in [1.82, 2.24) is 20.0 Å². The third kappa shape index (κ3) is 3.64. The zero-order valence-electron chi connectivity index (χ0n) is 13.2. The minimum atomic E-state index is -0.147. The van der Waals surface area contributed by atoms with Crippen LogP contribution in [0.3, 0.4) is 0 Å². The van der Waals surface area contributed by atoms with Gasteiger partial charge in [0.15, 0.2) is 0 Å². The summed E-state index contributed by atoms with van der Waals surface area (Å²) in [7, 11) is 0. The number of rotatable bonds is 5. The van der Waals surface area contributed by atoms with Crippen molar-refractivity contribution in [2.45, 2.75) is 38.7 Å². The van der Waals surface area contributed by atoms with Gasteiger partial charge in [-0.25, -0.2) is 0 Å².